The zero-order valence-electron chi connectivity index (χ0n) is 27.3. The summed E-state index contributed by atoms with van der Waals surface area (Å²) in [6, 6.07) is 68.7. The van der Waals surface area contributed by atoms with Crippen molar-refractivity contribution in [1.82, 2.24) is 0 Å². The van der Waals surface area contributed by atoms with Gasteiger partial charge in [-0.05, 0) is 97.7 Å². The second-order valence-corrected chi connectivity index (χ2v) is 14.0. The highest BCUT2D eigenvalue weighted by Gasteiger charge is 2.18. The van der Waals surface area contributed by atoms with E-state index < -0.39 is 0 Å². The Bertz CT molecular complexity index is 2870. The van der Waals surface area contributed by atoms with Crippen LogP contribution >= 0.6 is 11.3 Å². The first-order valence-corrected chi connectivity index (χ1v) is 17.9. The van der Waals surface area contributed by atoms with Crippen molar-refractivity contribution in [1.29, 1.82) is 0 Å². The van der Waals surface area contributed by atoms with Gasteiger partial charge in [-0.2, -0.15) is 0 Å². The van der Waals surface area contributed by atoms with Crippen molar-refractivity contribution in [3.8, 4) is 22.3 Å². The molecule has 0 atom stereocenters. The molecule has 0 fully saturated rings. The van der Waals surface area contributed by atoms with Crippen LogP contribution in [0.2, 0.25) is 0 Å². The van der Waals surface area contributed by atoms with Crippen molar-refractivity contribution in [2.45, 2.75) is 0 Å². The fraction of sp³-hybridized carbons (Fsp3) is 0. The summed E-state index contributed by atoms with van der Waals surface area (Å²) in [7, 11) is 0. The lowest BCUT2D eigenvalue weighted by atomic mass is 9.97. The Kier molecular flexibility index (Phi) is 6.75. The molecule has 0 saturated carbocycles. The highest BCUT2D eigenvalue weighted by molar-refractivity contribution is 7.26. The topological polar surface area (TPSA) is 3.24 Å². The van der Waals surface area contributed by atoms with Gasteiger partial charge in [-0.25, -0.2) is 0 Å². The summed E-state index contributed by atoms with van der Waals surface area (Å²) >= 11 is 1.87. The molecular weight excluding hydrogens is 623 g/mol. The lowest BCUT2D eigenvalue weighted by Gasteiger charge is -2.28. The van der Waals surface area contributed by atoms with Gasteiger partial charge >= 0.3 is 0 Å². The molecule has 10 rings (SSSR count). The molecule has 10 aromatic rings. The maximum atomic E-state index is 2.42. The van der Waals surface area contributed by atoms with E-state index in [-0.39, 0.29) is 0 Å². The van der Waals surface area contributed by atoms with Crippen molar-refractivity contribution in [3.05, 3.63) is 188 Å². The first kappa shape index (κ1) is 28.8. The predicted octanol–water partition coefficient (Wildman–Crippen LogP) is 14.3. The number of benzene rings is 9. The molecule has 0 aliphatic heterocycles. The molecule has 0 aliphatic rings. The maximum absolute atomic E-state index is 2.42. The average molecular weight is 654 g/mol. The minimum atomic E-state index is 1.12. The third kappa shape index (κ3) is 4.76. The molecule has 1 heterocycles. The molecule has 0 N–H and O–H groups in total. The summed E-state index contributed by atoms with van der Waals surface area (Å²) in [6.45, 7) is 0. The van der Waals surface area contributed by atoms with Crippen LogP contribution in [-0.2, 0) is 0 Å². The Balaban J connectivity index is 1.12. The van der Waals surface area contributed by atoms with Crippen LogP contribution in [0.15, 0.2) is 188 Å². The van der Waals surface area contributed by atoms with E-state index in [9.17, 15) is 0 Å². The number of anilines is 3. The molecule has 0 radical (unpaired) electrons. The Morgan fingerprint density at radius 2 is 0.960 bits per heavy atom. The second-order valence-electron chi connectivity index (χ2n) is 12.9. The molecule has 0 bridgehead atoms. The minimum Gasteiger partial charge on any atom is -0.310 e. The zero-order valence-corrected chi connectivity index (χ0v) is 28.1. The second kappa shape index (κ2) is 11.7. The van der Waals surface area contributed by atoms with E-state index in [1.165, 1.54) is 74.7 Å². The van der Waals surface area contributed by atoms with Crippen LogP contribution < -0.4 is 4.90 Å². The zero-order chi connectivity index (χ0) is 33.0. The van der Waals surface area contributed by atoms with Gasteiger partial charge < -0.3 is 4.90 Å². The quantitative estimate of drug-likeness (QED) is 0.167. The van der Waals surface area contributed by atoms with Crippen molar-refractivity contribution in [2.75, 3.05) is 4.90 Å². The first-order valence-electron chi connectivity index (χ1n) is 17.1. The normalized spacial score (nSPS) is 11.6. The average Bonchev–Trinajstić information content (AvgIpc) is 3.58. The number of rotatable bonds is 5. The van der Waals surface area contributed by atoms with Gasteiger partial charge in [0.25, 0.3) is 0 Å². The van der Waals surface area contributed by atoms with Gasteiger partial charge in [-0.1, -0.05) is 140 Å². The van der Waals surface area contributed by atoms with Crippen molar-refractivity contribution in [2.24, 2.45) is 0 Å². The van der Waals surface area contributed by atoms with Gasteiger partial charge in [-0.15, -0.1) is 11.3 Å². The van der Waals surface area contributed by atoms with Crippen LogP contribution in [0.1, 0.15) is 0 Å². The third-order valence-corrected chi connectivity index (χ3v) is 11.2. The van der Waals surface area contributed by atoms with Crippen molar-refractivity contribution >= 4 is 80.9 Å². The van der Waals surface area contributed by atoms with E-state index in [2.05, 4.69) is 193 Å². The Labute approximate surface area is 294 Å². The number of nitrogens with zero attached hydrogens (tertiary/aromatic N) is 1. The summed E-state index contributed by atoms with van der Waals surface area (Å²) in [6.07, 6.45) is 0. The molecule has 0 amide bonds. The van der Waals surface area contributed by atoms with Gasteiger partial charge in [0.2, 0.25) is 0 Å². The molecular formula is C48H31NS. The molecule has 1 aromatic heterocycles. The van der Waals surface area contributed by atoms with E-state index in [1.54, 1.807) is 0 Å². The number of fused-ring (bicyclic) bond motifs is 8. The van der Waals surface area contributed by atoms with Crippen LogP contribution in [0.25, 0.3) is 74.7 Å². The van der Waals surface area contributed by atoms with Gasteiger partial charge in [0, 0.05) is 36.9 Å². The van der Waals surface area contributed by atoms with Crippen molar-refractivity contribution < 1.29 is 0 Å². The number of hydrogen-bond donors (Lipinski definition) is 0. The summed E-state index contributed by atoms with van der Waals surface area (Å²) in [5.41, 5.74) is 8.22. The molecule has 0 unspecified atom stereocenters. The standard InChI is InChI=1S/C48H31NS/c1-2-11-32(12-3-1)34-14-10-15-39(30-34)49(45-31-36-13-4-5-16-40(36)42-17-6-7-18-43(42)45)38-25-21-33(22-26-38)35-23-27-41-37(29-35)24-28-47-48(41)44-19-8-9-20-46(44)50-47/h1-31H. The highest BCUT2D eigenvalue weighted by Crippen LogP contribution is 2.44. The van der Waals surface area contributed by atoms with Crippen LogP contribution in [-0.4, -0.2) is 0 Å². The summed E-state index contributed by atoms with van der Waals surface area (Å²) < 4.78 is 2.68. The molecule has 2 heteroatoms. The van der Waals surface area contributed by atoms with E-state index in [0.717, 1.165) is 17.1 Å². The van der Waals surface area contributed by atoms with E-state index in [4.69, 9.17) is 0 Å². The van der Waals surface area contributed by atoms with Gasteiger partial charge in [0.05, 0.1) is 5.69 Å². The van der Waals surface area contributed by atoms with Crippen LogP contribution in [0, 0.1) is 0 Å². The van der Waals surface area contributed by atoms with Gasteiger partial charge in [0.1, 0.15) is 0 Å². The third-order valence-electron chi connectivity index (χ3n) is 10.0. The fourth-order valence-corrected chi connectivity index (χ4v) is 8.76. The minimum absolute atomic E-state index is 1.12. The van der Waals surface area contributed by atoms with E-state index in [1.807, 2.05) is 11.3 Å². The molecule has 0 spiro atoms. The van der Waals surface area contributed by atoms with Crippen LogP contribution in [0.5, 0.6) is 0 Å². The van der Waals surface area contributed by atoms with Gasteiger partial charge in [0.15, 0.2) is 0 Å². The maximum Gasteiger partial charge on any atom is 0.0546 e. The molecule has 234 valence electrons. The molecule has 0 saturated heterocycles. The monoisotopic (exact) mass is 653 g/mol. The Hall–Kier alpha value is -6.22. The SMILES string of the molecule is c1ccc(-c2cccc(N(c3ccc(-c4ccc5c(ccc6sc7ccccc7c65)c4)cc3)c3cc4ccccc4c4ccccc34)c2)cc1. The summed E-state index contributed by atoms with van der Waals surface area (Å²) in [5.74, 6) is 0. The summed E-state index contributed by atoms with van der Waals surface area (Å²) in [5, 5.41) is 10.3. The lowest BCUT2D eigenvalue weighted by molar-refractivity contribution is 1.30. The van der Waals surface area contributed by atoms with Crippen molar-refractivity contribution in [3.63, 3.8) is 0 Å². The smallest absolute Gasteiger partial charge is 0.0546 e. The largest absolute Gasteiger partial charge is 0.310 e. The van der Waals surface area contributed by atoms with Crippen LogP contribution in [0.4, 0.5) is 17.1 Å². The lowest BCUT2D eigenvalue weighted by Crippen LogP contribution is -2.10. The molecule has 50 heavy (non-hydrogen) atoms. The predicted molar refractivity (Wildman–Crippen MR) is 217 cm³/mol. The number of hydrogen-bond acceptors (Lipinski definition) is 2. The number of thiophene rings is 1. The van der Waals surface area contributed by atoms with Crippen LogP contribution in [0.3, 0.4) is 0 Å². The first-order chi connectivity index (χ1) is 24.8. The molecule has 1 nitrogen and oxygen atoms in total. The molecule has 9 aromatic carbocycles. The van der Waals surface area contributed by atoms with E-state index >= 15 is 0 Å². The summed E-state index contributed by atoms with van der Waals surface area (Å²) in [4.78, 5) is 2.42. The Morgan fingerprint density at radius 1 is 0.320 bits per heavy atom. The molecule has 0 aliphatic carbocycles. The Morgan fingerprint density at radius 3 is 1.82 bits per heavy atom. The van der Waals surface area contributed by atoms with E-state index in [0.29, 0.717) is 0 Å². The fourth-order valence-electron chi connectivity index (χ4n) is 7.64. The van der Waals surface area contributed by atoms with Gasteiger partial charge in [-0.3, -0.25) is 0 Å². The highest BCUT2D eigenvalue weighted by atomic mass is 32.1.